The summed E-state index contributed by atoms with van der Waals surface area (Å²) in [4.78, 5) is 28.2. The maximum Gasteiger partial charge on any atom is 0.232 e. The molecule has 3 heteroatoms. The van der Waals surface area contributed by atoms with Gasteiger partial charge in [-0.05, 0) is 29.9 Å². The number of allylic oxidation sites excluding steroid dienone is 3. The summed E-state index contributed by atoms with van der Waals surface area (Å²) in [6.07, 6.45) is 6.49. The lowest BCUT2D eigenvalue weighted by Gasteiger charge is -2.37. The number of ketones is 1. The fraction of sp³-hybridized carbons (Fsp3) is 0.185. The van der Waals surface area contributed by atoms with Crippen LogP contribution in [0.15, 0.2) is 90.1 Å². The molecule has 1 heterocycles. The molecule has 3 aromatic rings. The van der Waals surface area contributed by atoms with Gasteiger partial charge in [-0.1, -0.05) is 78.9 Å². The highest BCUT2D eigenvalue weighted by atomic mass is 16.2. The highest BCUT2D eigenvalue weighted by Crippen LogP contribution is 2.41. The van der Waals surface area contributed by atoms with Gasteiger partial charge in [-0.3, -0.25) is 14.5 Å². The first-order valence-corrected chi connectivity index (χ1v) is 10.5. The summed E-state index contributed by atoms with van der Waals surface area (Å²) in [5.74, 6) is 0.0749. The Hall–Kier alpha value is -3.46. The van der Waals surface area contributed by atoms with Crippen LogP contribution >= 0.6 is 0 Å². The topological polar surface area (TPSA) is 37.4 Å². The van der Waals surface area contributed by atoms with Crippen molar-refractivity contribution in [2.45, 2.75) is 25.7 Å². The number of rotatable bonds is 3. The average molecular weight is 393 g/mol. The van der Waals surface area contributed by atoms with E-state index in [9.17, 15) is 9.59 Å². The van der Waals surface area contributed by atoms with Crippen molar-refractivity contribution in [1.29, 1.82) is 0 Å². The molecule has 0 saturated carbocycles. The number of benzene rings is 3. The van der Waals surface area contributed by atoms with E-state index in [2.05, 4.69) is 12.1 Å². The van der Waals surface area contributed by atoms with E-state index in [1.807, 2.05) is 77.7 Å². The number of hydrogen-bond acceptors (Lipinski definition) is 2. The van der Waals surface area contributed by atoms with E-state index in [1.54, 1.807) is 0 Å². The average Bonchev–Trinajstić information content (AvgIpc) is 2.78. The van der Waals surface area contributed by atoms with Crippen LogP contribution in [0.5, 0.6) is 0 Å². The molecule has 1 aliphatic heterocycles. The van der Waals surface area contributed by atoms with Gasteiger partial charge in [0.15, 0.2) is 5.78 Å². The van der Waals surface area contributed by atoms with Crippen molar-refractivity contribution < 1.29 is 9.59 Å². The molecular formula is C27H23NO2. The molecule has 0 saturated heterocycles. The lowest BCUT2D eigenvalue weighted by Crippen LogP contribution is -2.40. The van der Waals surface area contributed by atoms with E-state index in [-0.39, 0.29) is 17.6 Å². The number of fused-ring (bicyclic) bond motifs is 1. The van der Waals surface area contributed by atoms with Crippen molar-refractivity contribution in [3.8, 4) is 0 Å². The minimum Gasteiger partial charge on any atom is -0.294 e. The number of carbonyl (C=O) groups is 2. The zero-order valence-electron chi connectivity index (χ0n) is 16.8. The lowest BCUT2D eigenvalue weighted by atomic mass is 9.80. The largest absolute Gasteiger partial charge is 0.294 e. The Labute approximate surface area is 176 Å². The van der Waals surface area contributed by atoms with Gasteiger partial charge in [0.1, 0.15) is 0 Å². The van der Waals surface area contributed by atoms with Gasteiger partial charge in [-0.15, -0.1) is 0 Å². The Bertz CT molecular complexity index is 1180. The van der Waals surface area contributed by atoms with Crippen molar-refractivity contribution >= 4 is 34.2 Å². The zero-order valence-corrected chi connectivity index (χ0v) is 16.8. The van der Waals surface area contributed by atoms with E-state index < -0.39 is 0 Å². The number of amides is 1. The summed E-state index contributed by atoms with van der Waals surface area (Å²) < 4.78 is 0. The molecule has 0 fully saturated rings. The van der Waals surface area contributed by atoms with Gasteiger partial charge in [-0.2, -0.15) is 0 Å². The van der Waals surface area contributed by atoms with E-state index in [4.69, 9.17) is 0 Å². The minimum atomic E-state index is -0.160. The van der Waals surface area contributed by atoms with Crippen LogP contribution in [-0.2, 0) is 9.59 Å². The quantitative estimate of drug-likeness (QED) is 0.554. The van der Waals surface area contributed by atoms with Crippen LogP contribution < -0.4 is 4.90 Å². The third kappa shape index (κ3) is 3.26. The SMILES string of the molecule is O=C1CCCC2=C1C(/C=C/c1ccccc1)CC(=O)N2c1cccc2ccccc12. The van der Waals surface area contributed by atoms with Crippen molar-refractivity contribution in [3.63, 3.8) is 0 Å². The molecule has 1 atom stereocenters. The zero-order chi connectivity index (χ0) is 20.5. The van der Waals surface area contributed by atoms with Crippen LogP contribution in [0.25, 0.3) is 16.8 Å². The molecule has 0 radical (unpaired) electrons. The summed E-state index contributed by atoms with van der Waals surface area (Å²) in [6.45, 7) is 0. The van der Waals surface area contributed by atoms with Crippen LogP contribution in [-0.4, -0.2) is 11.7 Å². The lowest BCUT2D eigenvalue weighted by molar-refractivity contribution is -0.120. The number of hydrogen-bond donors (Lipinski definition) is 0. The summed E-state index contributed by atoms with van der Waals surface area (Å²) >= 11 is 0. The molecular weight excluding hydrogens is 370 g/mol. The fourth-order valence-electron chi connectivity index (χ4n) is 4.67. The molecule has 2 aliphatic rings. The van der Waals surface area contributed by atoms with Crippen molar-refractivity contribution in [2.24, 2.45) is 5.92 Å². The first-order chi connectivity index (χ1) is 14.7. The molecule has 0 spiro atoms. The number of carbonyl (C=O) groups excluding carboxylic acids is 2. The van der Waals surface area contributed by atoms with E-state index in [1.165, 1.54) is 0 Å². The highest BCUT2D eigenvalue weighted by Gasteiger charge is 2.38. The van der Waals surface area contributed by atoms with Crippen LogP contribution in [0.3, 0.4) is 0 Å². The van der Waals surface area contributed by atoms with Gasteiger partial charge >= 0.3 is 0 Å². The predicted octanol–water partition coefficient (Wildman–Crippen LogP) is 5.91. The molecule has 1 aliphatic carbocycles. The fourth-order valence-corrected chi connectivity index (χ4v) is 4.67. The predicted molar refractivity (Wildman–Crippen MR) is 121 cm³/mol. The standard InChI is InChI=1S/C27H23NO2/c29-25-15-7-14-24-27(25)21(17-16-19-8-2-1-3-9-19)18-26(30)28(24)23-13-6-11-20-10-4-5-12-22(20)23/h1-6,8-13,16-17,21H,7,14-15,18H2/b17-16+. The van der Waals surface area contributed by atoms with Crippen LogP contribution in [0.4, 0.5) is 5.69 Å². The molecule has 0 N–H and O–H groups in total. The highest BCUT2D eigenvalue weighted by molar-refractivity contribution is 6.10. The first-order valence-electron chi connectivity index (χ1n) is 10.5. The Balaban J connectivity index is 1.62. The number of nitrogens with zero attached hydrogens (tertiary/aromatic N) is 1. The molecule has 1 unspecified atom stereocenters. The first kappa shape index (κ1) is 18.6. The second-order valence-electron chi connectivity index (χ2n) is 7.94. The summed E-state index contributed by atoms with van der Waals surface area (Å²) in [6, 6.07) is 24.1. The molecule has 30 heavy (non-hydrogen) atoms. The van der Waals surface area contributed by atoms with Gasteiger partial charge in [0.05, 0.1) is 5.69 Å². The molecule has 0 bridgehead atoms. The van der Waals surface area contributed by atoms with E-state index in [0.29, 0.717) is 12.8 Å². The summed E-state index contributed by atoms with van der Waals surface area (Å²) in [5.41, 5.74) is 3.67. The van der Waals surface area contributed by atoms with Crippen molar-refractivity contribution in [2.75, 3.05) is 4.90 Å². The summed E-state index contributed by atoms with van der Waals surface area (Å²) in [5, 5.41) is 2.13. The third-order valence-corrected chi connectivity index (χ3v) is 6.04. The Kier molecular flexibility index (Phi) is 4.80. The van der Waals surface area contributed by atoms with Gasteiger partial charge in [0.2, 0.25) is 5.91 Å². The molecule has 3 nitrogen and oxygen atoms in total. The Morgan fingerprint density at radius 2 is 1.60 bits per heavy atom. The molecule has 1 amide bonds. The second kappa shape index (κ2) is 7.75. The summed E-state index contributed by atoms with van der Waals surface area (Å²) in [7, 11) is 0. The minimum absolute atomic E-state index is 0.0579. The molecule has 0 aromatic heterocycles. The van der Waals surface area contributed by atoms with Gasteiger partial charge in [-0.25, -0.2) is 0 Å². The normalized spacial score (nSPS) is 19.6. The number of anilines is 1. The van der Waals surface area contributed by atoms with Crippen molar-refractivity contribution in [3.05, 3.63) is 95.7 Å². The monoisotopic (exact) mass is 393 g/mol. The molecule has 3 aromatic carbocycles. The van der Waals surface area contributed by atoms with Crippen LogP contribution in [0.2, 0.25) is 0 Å². The molecule has 5 rings (SSSR count). The maximum absolute atomic E-state index is 13.4. The van der Waals surface area contributed by atoms with E-state index >= 15 is 0 Å². The number of Topliss-reactive ketones (excluding diaryl/α,β-unsaturated/α-hetero) is 1. The smallest absolute Gasteiger partial charge is 0.232 e. The molecule has 148 valence electrons. The van der Waals surface area contributed by atoms with Gasteiger partial charge < -0.3 is 0 Å². The third-order valence-electron chi connectivity index (χ3n) is 6.04. The van der Waals surface area contributed by atoms with Crippen LogP contribution in [0.1, 0.15) is 31.2 Å². The maximum atomic E-state index is 13.4. The van der Waals surface area contributed by atoms with Gasteiger partial charge in [0.25, 0.3) is 0 Å². The van der Waals surface area contributed by atoms with Crippen LogP contribution in [0, 0.1) is 5.92 Å². The van der Waals surface area contributed by atoms with Gasteiger partial charge in [0, 0.05) is 35.4 Å². The Morgan fingerprint density at radius 1 is 0.833 bits per heavy atom. The Morgan fingerprint density at radius 3 is 2.47 bits per heavy atom. The van der Waals surface area contributed by atoms with Crippen molar-refractivity contribution in [1.82, 2.24) is 0 Å². The second-order valence-corrected chi connectivity index (χ2v) is 7.94. The van der Waals surface area contributed by atoms with E-state index in [0.717, 1.165) is 46.1 Å².